The molecule has 2 aromatic rings. The van der Waals surface area contributed by atoms with E-state index in [4.69, 9.17) is 4.74 Å². The van der Waals surface area contributed by atoms with Gasteiger partial charge in [-0.05, 0) is 42.2 Å². The summed E-state index contributed by atoms with van der Waals surface area (Å²) < 4.78 is 33.0. The van der Waals surface area contributed by atoms with Gasteiger partial charge < -0.3 is 14.9 Å². The fourth-order valence-electron chi connectivity index (χ4n) is 4.56. The molecule has 0 bridgehead atoms. The van der Waals surface area contributed by atoms with E-state index in [1.54, 1.807) is 6.07 Å². The first-order valence-corrected chi connectivity index (χ1v) is 13.2. The Hall–Kier alpha value is -3.17. The van der Waals surface area contributed by atoms with Crippen LogP contribution in [0.3, 0.4) is 0 Å². The maximum Gasteiger partial charge on any atom is 0.343 e. The highest BCUT2D eigenvalue weighted by molar-refractivity contribution is 7.91. The minimum Gasteiger partial charge on any atom is -0.496 e. The fourth-order valence-corrected chi connectivity index (χ4v) is 6.72. The number of nitrogens with one attached hydrogen (secondary N) is 1. The summed E-state index contributed by atoms with van der Waals surface area (Å²) in [5.41, 5.74) is -0.145. The zero-order chi connectivity index (χ0) is 25.8. The van der Waals surface area contributed by atoms with Crippen molar-refractivity contribution in [2.75, 3.05) is 12.9 Å². The van der Waals surface area contributed by atoms with E-state index >= 15 is 0 Å². The molecule has 0 radical (unpaired) electrons. The maximum atomic E-state index is 13.8. The number of unbranched alkanes of at least 4 members (excludes halogenated alkanes) is 1. The first-order valence-electron chi connectivity index (χ1n) is 11.5. The number of hydrogen-bond donors (Lipinski definition) is 3. The van der Waals surface area contributed by atoms with E-state index in [9.17, 15) is 28.2 Å². The third-order valence-electron chi connectivity index (χ3n) is 6.50. The van der Waals surface area contributed by atoms with Crippen molar-refractivity contribution in [1.29, 1.82) is 0 Å². The summed E-state index contributed by atoms with van der Waals surface area (Å²) in [6.45, 7) is 4.03. The van der Waals surface area contributed by atoms with Crippen LogP contribution in [0.25, 0.3) is 6.08 Å². The first kappa shape index (κ1) is 26.4. The van der Waals surface area contributed by atoms with Crippen molar-refractivity contribution in [3.63, 3.8) is 0 Å². The minimum absolute atomic E-state index is 0.0351. The number of sulfone groups is 1. The van der Waals surface area contributed by atoms with Gasteiger partial charge in [-0.3, -0.25) is 5.32 Å². The van der Waals surface area contributed by atoms with Crippen LogP contribution < -0.4 is 10.1 Å². The molecular weight excluding hydrogens is 470 g/mol. The third-order valence-corrected chi connectivity index (χ3v) is 8.46. The van der Waals surface area contributed by atoms with Gasteiger partial charge in [0.15, 0.2) is 9.84 Å². The van der Waals surface area contributed by atoms with Gasteiger partial charge in [-0.15, -0.1) is 0 Å². The van der Waals surface area contributed by atoms with Gasteiger partial charge in [0.2, 0.25) is 0 Å². The van der Waals surface area contributed by atoms with Gasteiger partial charge in [0.25, 0.3) is 0 Å². The van der Waals surface area contributed by atoms with E-state index in [1.165, 1.54) is 13.2 Å². The van der Waals surface area contributed by atoms with Gasteiger partial charge in [-0.25, -0.2) is 18.0 Å². The van der Waals surface area contributed by atoms with E-state index in [-0.39, 0.29) is 22.0 Å². The molecule has 0 aromatic heterocycles. The van der Waals surface area contributed by atoms with Crippen LogP contribution >= 0.6 is 0 Å². The molecule has 0 fully saturated rings. The smallest absolute Gasteiger partial charge is 0.343 e. The number of carbonyl (C=O) groups is 2. The second-order valence-electron chi connectivity index (χ2n) is 8.78. The molecule has 0 spiro atoms. The van der Waals surface area contributed by atoms with E-state index < -0.39 is 38.9 Å². The zero-order valence-corrected chi connectivity index (χ0v) is 20.9. The summed E-state index contributed by atoms with van der Waals surface area (Å²) in [5, 5.41) is 22.3. The number of fused-ring (bicyclic) bond motifs is 1. The highest BCUT2D eigenvalue weighted by atomic mass is 32.2. The highest BCUT2D eigenvalue weighted by Crippen LogP contribution is 2.41. The fraction of sp³-hybridized carbons (Fsp3) is 0.385. The van der Waals surface area contributed by atoms with Crippen molar-refractivity contribution in [2.45, 2.75) is 56.0 Å². The van der Waals surface area contributed by atoms with Crippen LogP contribution in [-0.4, -0.2) is 49.0 Å². The first-order chi connectivity index (χ1) is 16.6. The number of carboxylic acids is 2. The van der Waals surface area contributed by atoms with Gasteiger partial charge in [-0.1, -0.05) is 57.0 Å². The van der Waals surface area contributed by atoms with Crippen molar-refractivity contribution in [1.82, 2.24) is 5.32 Å². The second-order valence-corrected chi connectivity index (χ2v) is 10.7. The van der Waals surface area contributed by atoms with E-state index in [0.29, 0.717) is 18.4 Å². The number of ether oxygens (including phenoxy) is 1. The molecule has 3 rings (SSSR count). The summed E-state index contributed by atoms with van der Waals surface area (Å²) in [6.07, 6.45) is 3.96. The van der Waals surface area contributed by atoms with Crippen LogP contribution in [0.4, 0.5) is 0 Å². The second kappa shape index (κ2) is 10.6. The average Bonchev–Trinajstić information content (AvgIpc) is 2.92. The van der Waals surface area contributed by atoms with Crippen molar-refractivity contribution < 1.29 is 33.0 Å². The lowest BCUT2D eigenvalue weighted by Gasteiger charge is -2.36. The van der Waals surface area contributed by atoms with E-state index in [0.717, 1.165) is 24.5 Å². The molecule has 9 heteroatoms. The van der Waals surface area contributed by atoms with Crippen LogP contribution in [0.1, 0.15) is 62.3 Å². The molecule has 0 saturated heterocycles. The molecule has 0 amide bonds. The van der Waals surface area contributed by atoms with Gasteiger partial charge in [0.1, 0.15) is 11.3 Å². The summed E-state index contributed by atoms with van der Waals surface area (Å²) in [7, 11) is -2.47. The van der Waals surface area contributed by atoms with Crippen LogP contribution in [0.5, 0.6) is 5.75 Å². The molecule has 3 N–H and O–H groups in total. The number of rotatable bonds is 9. The van der Waals surface area contributed by atoms with Crippen LogP contribution in [0.15, 0.2) is 52.9 Å². The number of methoxy groups -OCH3 is 1. The molecule has 0 unspecified atom stereocenters. The molecule has 1 heterocycles. The lowest BCUT2D eigenvalue weighted by atomic mass is 9.87. The number of aliphatic carboxylic acids is 2. The predicted octanol–water partition coefficient (Wildman–Crippen LogP) is 4.05. The molecule has 188 valence electrons. The van der Waals surface area contributed by atoms with Gasteiger partial charge in [0, 0.05) is 11.1 Å². The van der Waals surface area contributed by atoms with Crippen LogP contribution in [0.2, 0.25) is 0 Å². The predicted molar refractivity (Wildman–Crippen MR) is 132 cm³/mol. The number of carboxylic acid groups (broad SMARTS) is 2. The summed E-state index contributed by atoms with van der Waals surface area (Å²) in [4.78, 5) is 23.0. The Morgan fingerprint density at radius 2 is 1.80 bits per heavy atom. The third kappa shape index (κ3) is 5.57. The Labute approximate surface area is 205 Å². The van der Waals surface area contributed by atoms with E-state index in [2.05, 4.69) is 12.2 Å². The van der Waals surface area contributed by atoms with Crippen molar-refractivity contribution >= 4 is 27.9 Å². The maximum absolute atomic E-state index is 13.8. The van der Waals surface area contributed by atoms with Crippen molar-refractivity contribution in [3.05, 3.63) is 64.7 Å². The van der Waals surface area contributed by atoms with Gasteiger partial charge in [-0.2, -0.15) is 0 Å². The standard InChI is InChI=1S/C26H31NO7S/c1-4-6-12-26(5-2)16-35(32,33)22-14-18(13-20(24(28)29)25(30)31)21(34-3)15-19(22)23(27-26)17-10-8-7-9-11-17/h7-11,13-15,23,27H,4-6,12,16H2,1-3H3,(H,28,29)(H,30,31)/t23-,26-/m1/s1. The summed E-state index contributed by atoms with van der Waals surface area (Å²) in [5.74, 6) is -3.22. The molecule has 35 heavy (non-hydrogen) atoms. The van der Waals surface area contributed by atoms with Gasteiger partial charge in [0.05, 0.1) is 23.8 Å². The summed E-state index contributed by atoms with van der Waals surface area (Å²) >= 11 is 0. The van der Waals surface area contributed by atoms with Crippen molar-refractivity contribution in [3.8, 4) is 5.75 Å². The van der Waals surface area contributed by atoms with E-state index in [1.807, 2.05) is 37.3 Å². The lowest BCUT2D eigenvalue weighted by molar-refractivity contribution is -0.140. The Balaban J connectivity index is 2.33. The topological polar surface area (TPSA) is 130 Å². The Morgan fingerprint density at radius 1 is 1.14 bits per heavy atom. The molecule has 2 aromatic carbocycles. The monoisotopic (exact) mass is 501 g/mol. The normalized spacial score (nSPS) is 20.8. The molecule has 2 atom stereocenters. The molecule has 1 aliphatic heterocycles. The molecular formula is C26H31NO7S. The number of benzene rings is 2. The SMILES string of the molecule is CCCC[C@]1(CC)CS(=O)(=O)c2cc(C=C(C(=O)O)C(=O)O)c(OC)cc2[C@@H](c2ccccc2)N1. The quantitative estimate of drug-likeness (QED) is 0.267. The average molecular weight is 502 g/mol. The lowest BCUT2D eigenvalue weighted by Crippen LogP contribution is -2.50. The Bertz CT molecular complexity index is 1220. The number of hydrogen-bond acceptors (Lipinski definition) is 6. The van der Waals surface area contributed by atoms with Gasteiger partial charge >= 0.3 is 11.9 Å². The Kier molecular flexibility index (Phi) is 8.02. The Morgan fingerprint density at radius 3 is 2.34 bits per heavy atom. The molecule has 0 aliphatic carbocycles. The summed E-state index contributed by atoms with van der Waals surface area (Å²) in [6, 6.07) is 11.9. The largest absolute Gasteiger partial charge is 0.496 e. The van der Waals surface area contributed by atoms with Crippen molar-refractivity contribution in [2.24, 2.45) is 0 Å². The molecule has 0 saturated carbocycles. The van der Waals surface area contributed by atoms with Crippen LogP contribution in [0, 0.1) is 0 Å². The highest BCUT2D eigenvalue weighted by Gasteiger charge is 2.42. The molecule has 8 nitrogen and oxygen atoms in total. The minimum atomic E-state index is -3.84. The zero-order valence-electron chi connectivity index (χ0n) is 20.1. The van der Waals surface area contributed by atoms with Crippen LogP contribution in [-0.2, 0) is 19.4 Å². The molecule has 1 aliphatic rings.